The molecule has 1 fully saturated rings. The lowest BCUT2D eigenvalue weighted by molar-refractivity contribution is 0.678. The zero-order valence-corrected chi connectivity index (χ0v) is 9.87. The molecule has 1 aliphatic carbocycles. The van der Waals surface area contributed by atoms with Gasteiger partial charge in [-0.1, -0.05) is 11.3 Å². The quantitative estimate of drug-likeness (QED) is 0.867. The van der Waals surface area contributed by atoms with Crippen LogP contribution in [0.25, 0.3) is 5.13 Å². The van der Waals surface area contributed by atoms with Crippen molar-refractivity contribution in [1.82, 2.24) is 25.3 Å². The van der Waals surface area contributed by atoms with Crippen molar-refractivity contribution >= 4 is 11.3 Å². The summed E-state index contributed by atoms with van der Waals surface area (Å²) in [5, 5.41) is 17.9. The Hall–Kier alpha value is -1.27. The molecule has 0 bridgehead atoms. The molecule has 0 unspecified atom stereocenters. The standard InChI is InChI=1S/C10H13N5S/c1-7-4-5-15(14-7)10-13-12-9(16-10)6-11-8-2-3-8/h4-5,8,11H,2-3,6H2,1H3. The lowest BCUT2D eigenvalue weighted by Crippen LogP contribution is -2.14. The Balaban J connectivity index is 1.71. The first-order valence-corrected chi connectivity index (χ1v) is 6.21. The zero-order valence-electron chi connectivity index (χ0n) is 9.05. The number of hydrogen-bond acceptors (Lipinski definition) is 5. The van der Waals surface area contributed by atoms with Crippen molar-refractivity contribution in [2.75, 3.05) is 0 Å². The SMILES string of the molecule is Cc1ccn(-c2nnc(CNC3CC3)s2)n1. The second kappa shape index (κ2) is 3.95. The molecular formula is C10H13N5S. The van der Waals surface area contributed by atoms with Gasteiger partial charge in [-0.25, -0.2) is 4.68 Å². The van der Waals surface area contributed by atoms with Gasteiger partial charge in [0.05, 0.1) is 12.2 Å². The van der Waals surface area contributed by atoms with Gasteiger partial charge in [-0.05, 0) is 25.8 Å². The van der Waals surface area contributed by atoms with Crippen LogP contribution >= 0.6 is 11.3 Å². The third-order valence-electron chi connectivity index (χ3n) is 2.49. The van der Waals surface area contributed by atoms with Crippen molar-refractivity contribution < 1.29 is 0 Å². The molecule has 16 heavy (non-hydrogen) atoms. The molecule has 2 aromatic heterocycles. The first-order valence-electron chi connectivity index (χ1n) is 5.40. The lowest BCUT2D eigenvalue weighted by atomic mass is 10.5. The van der Waals surface area contributed by atoms with Gasteiger partial charge in [-0.3, -0.25) is 0 Å². The van der Waals surface area contributed by atoms with Crippen LogP contribution in [0.5, 0.6) is 0 Å². The summed E-state index contributed by atoms with van der Waals surface area (Å²) in [7, 11) is 0. The third-order valence-corrected chi connectivity index (χ3v) is 3.41. The highest BCUT2D eigenvalue weighted by Gasteiger charge is 2.20. The maximum absolute atomic E-state index is 4.31. The van der Waals surface area contributed by atoms with Crippen molar-refractivity contribution in [3.8, 4) is 5.13 Å². The zero-order chi connectivity index (χ0) is 11.0. The molecule has 0 spiro atoms. The van der Waals surface area contributed by atoms with Crippen LogP contribution in [0.1, 0.15) is 23.5 Å². The Morgan fingerprint density at radius 2 is 2.38 bits per heavy atom. The van der Waals surface area contributed by atoms with Gasteiger partial charge in [0, 0.05) is 12.2 Å². The Morgan fingerprint density at radius 3 is 3.06 bits per heavy atom. The Morgan fingerprint density at radius 1 is 1.50 bits per heavy atom. The maximum atomic E-state index is 4.31. The number of nitrogens with zero attached hydrogens (tertiary/aromatic N) is 4. The molecule has 1 saturated carbocycles. The number of rotatable bonds is 4. The van der Waals surface area contributed by atoms with E-state index in [0.717, 1.165) is 22.4 Å². The predicted octanol–water partition coefficient (Wildman–Crippen LogP) is 1.28. The third kappa shape index (κ3) is 2.12. The number of nitrogens with one attached hydrogen (secondary N) is 1. The minimum absolute atomic E-state index is 0.708. The van der Waals surface area contributed by atoms with E-state index in [-0.39, 0.29) is 0 Å². The molecule has 0 aromatic carbocycles. The molecular weight excluding hydrogens is 222 g/mol. The van der Waals surface area contributed by atoms with E-state index in [1.165, 1.54) is 12.8 Å². The van der Waals surface area contributed by atoms with Crippen LogP contribution in [-0.2, 0) is 6.54 Å². The molecule has 1 N–H and O–H groups in total. The summed E-state index contributed by atoms with van der Waals surface area (Å²) in [5.41, 5.74) is 0.993. The summed E-state index contributed by atoms with van der Waals surface area (Å²) in [5.74, 6) is 0. The molecule has 84 valence electrons. The molecule has 0 aliphatic heterocycles. The second-order valence-corrected chi connectivity index (χ2v) is 5.08. The minimum Gasteiger partial charge on any atom is -0.308 e. The summed E-state index contributed by atoms with van der Waals surface area (Å²) >= 11 is 1.58. The monoisotopic (exact) mass is 235 g/mol. The minimum atomic E-state index is 0.708. The van der Waals surface area contributed by atoms with Crippen LogP contribution in [0.4, 0.5) is 0 Å². The molecule has 3 rings (SSSR count). The van der Waals surface area contributed by atoms with Gasteiger partial charge in [-0.15, -0.1) is 10.2 Å². The molecule has 5 nitrogen and oxygen atoms in total. The van der Waals surface area contributed by atoms with Crippen LogP contribution in [0.3, 0.4) is 0 Å². The van der Waals surface area contributed by atoms with Crippen molar-refractivity contribution in [2.45, 2.75) is 32.4 Å². The Kier molecular flexibility index (Phi) is 2.45. The summed E-state index contributed by atoms with van der Waals surface area (Å²) < 4.78 is 1.77. The van der Waals surface area contributed by atoms with Gasteiger partial charge in [0.15, 0.2) is 0 Å². The van der Waals surface area contributed by atoms with E-state index in [1.54, 1.807) is 16.0 Å². The summed E-state index contributed by atoms with van der Waals surface area (Å²) in [6, 6.07) is 2.67. The van der Waals surface area contributed by atoms with Crippen LogP contribution in [0.15, 0.2) is 12.3 Å². The maximum Gasteiger partial charge on any atom is 0.232 e. The van der Waals surface area contributed by atoms with Crippen molar-refractivity contribution in [3.05, 3.63) is 23.0 Å². The topological polar surface area (TPSA) is 55.6 Å². The van der Waals surface area contributed by atoms with Gasteiger partial charge in [0.2, 0.25) is 5.13 Å². The normalized spacial score (nSPS) is 15.6. The summed E-state index contributed by atoms with van der Waals surface area (Å²) in [6.45, 7) is 2.79. The molecule has 2 aromatic rings. The van der Waals surface area contributed by atoms with E-state index in [9.17, 15) is 0 Å². The Labute approximate surface area is 97.5 Å². The fraction of sp³-hybridized carbons (Fsp3) is 0.500. The molecule has 0 radical (unpaired) electrons. The van der Waals surface area contributed by atoms with Crippen LogP contribution in [-0.4, -0.2) is 26.0 Å². The van der Waals surface area contributed by atoms with E-state index >= 15 is 0 Å². The highest BCUT2D eigenvalue weighted by atomic mass is 32.1. The van der Waals surface area contributed by atoms with E-state index in [4.69, 9.17) is 0 Å². The van der Waals surface area contributed by atoms with Crippen molar-refractivity contribution in [2.24, 2.45) is 0 Å². The number of aryl methyl sites for hydroxylation is 1. The van der Waals surface area contributed by atoms with E-state index in [2.05, 4.69) is 20.6 Å². The molecule has 2 heterocycles. The first kappa shape index (κ1) is 9.92. The smallest absolute Gasteiger partial charge is 0.232 e. The molecule has 1 aliphatic rings. The number of aromatic nitrogens is 4. The highest BCUT2D eigenvalue weighted by molar-refractivity contribution is 7.13. The summed E-state index contributed by atoms with van der Waals surface area (Å²) in [4.78, 5) is 0. The van der Waals surface area contributed by atoms with Crippen LogP contribution in [0, 0.1) is 6.92 Å². The first-order chi connectivity index (χ1) is 7.81. The fourth-order valence-electron chi connectivity index (χ4n) is 1.45. The highest BCUT2D eigenvalue weighted by Crippen LogP contribution is 2.20. The van der Waals surface area contributed by atoms with Gasteiger partial charge in [0.1, 0.15) is 5.01 Å². The van der Waals surface area contributed by atoms with Crippen molar-refractivity contribution in [1.29, 1.82) is 0 Å². The van der Waals surface area contributed by atoms with Crippen LogP contribution in [0.2, 0.25) is 0 Å². The van der Waals surface area contributed by atoms with Gasteiger partial charge in [-0.2, -0.15) is 5.10 Å². The fourth-order valence-corrected chi connectivity index (χ4v) is 2.17. The lowest BCUT2D eigenvalue weighted by Gasteiger charge is -1.95. The average molecular weight is 235 g/mol. The Bertz CT molecular complexity index is 485. The van der Waals surface area contributed by atoms with E-state index in [1.807, 2.05) is 19.2 Å². The number of hydrogen-bond donors (Lipinski definition) is 1. The van der Waals surface area contributed by atoms with Gasteiger partial charge in [0.25, 0.3) is 0 Å². The average Bonchev–Trinajstić information content (AvgIpc) is 2.81. The molecule has 0 amide bonds. The largest absolute Gasteiger partial charge is 0.308 e. The van der Waals surface area contributed by atoms with Crippen molar-refractivity contribution in [3.63, 3.8) is 0 Å². The van der Waals surface area contributed by atoms with Gasteiger partial charge >= 0.3 is 0 Å². The second-order valence-electron chi connectivity index (χ2n) is 4.04. The summed E-state index contributed by atoms with van der Waals surface area (Å²) in [6.07, 6.45) is 4.50. The molecule has 0 saturated heterocycles. The van der Waals surface area contributed by atoms with Gasteiger partial charge < -0.3 is 5.32 Å². The van der Waals surface area contributed by atoms with Crippen LogP contribution < -0.4 is 5.32 Å². The molecule has 6 heteroatoms. The predicted molar refractivity (Wildman–Crippen MR) is 61.6 cm³/mol. The van der Waals surface area contributed by atoms with E-state index in [0.29, 0.717) is 6.04 Å². The van der Waals surface area contributed by atoms with E-state index < -0.39 is 0 Å². The molecule has 0 atom stereocenters.